The van der Waals surface area contributed by atoms with Gasteiger partial charge in [0.15, 0.2) is 0 Å². The second-order valence-corrected chi connectivity index (χ2v) is 5.56. The van der Waals surface area contributed by atoms with Crippen molar-refractivity contribution in [1.82, 2.24) is 4.98 Å². The minimum absolute atomic E-state index is 0.299. The fraction of sp³-hybridized carbons (Fsp3) is 0.125. The van der Waals surface area contributed by atoms with Crippen LogP contribution < -0.4 is 9.64 Å². The van der Waals surface area contributed by atoms with Gasteiger partial charge in [0.05, 0.1) is 17.2 Å². The zero-order chi connectivity index (χ0) is 15.5. The maximum atomic E-state index is 12.4. The standard InChI is InChI=1S/C16H14N2O3S/c1-2-21-13-7-5-12(6-8-13)18-15(19)14(22-16(18)20)10-11-4-3-9-17-11/h3-10,17H,2H2,1H3. The number of H-pyrrole nitrogens is 1. The van der Waals surface area contributed by atoms with Crippen LogP contribution in [0, 0.1) is 0 Å². The molecule has 0 spiro atoms. The van der Waals surface area contributed by atoms with Gasteiger partial charge < -0.3 is 9.72 Å². The molecule has 1 saturated heterocycles. The first-order valence-electron chi connectivity index (χ1n) is 6.83. The Morgan fingerprint density at radius 3 is 2.64 bits per heavy atom. The quantitative estimate of drug-likeness (QED) is 0.875. The van der Waals surface area contributed by atoms with Crippen LogP contribution in [0.4, 0.5) is 10.5 Å². The number of amides is 2. The van der Waals surface area contributed by atoms with Crippen molar-refractivity contribution in [3.8, 4) is 5.75 Å². The molecule has 112 valence electrons. The number of aromatic nitrogens is 1. The van der Waals surface area contributed by atoms with Crippen molar-refractivity contribution >= 4 is 34.7 Å². The van der Waals surface area contributed by atoms with E-state index in [1.807, 2.05) is 19.1 Å². The number of nitrogens with zero attached hydrogens (tertiary/aromatic N) is 1. The summed E-state index contributed by atoms with van der Waals surface area (Å²) in [5.74, 6) is 0.397. The molecule has 5 nitrogen and oxygen atoms in total. The number of hydrogen-bond donors (Lipinski definition) is 1. The number of imide groups is 1. The number of benzene rings is 1. The summed E-state index contributed by atoms with van der Waals surface area (Å²) < 4.78 is 5.36. The molecule has 0 radical (unpaired) electrons. The molecule has 22 heavy (non-hydrogen) atoms. The molecule has 2 amide bonds. The van der Waals surface area contributed by atoms with E-state index in [9.17, 15) is 9.59 Å². The molecule has 2 heterocycles. The van der Waals surface area contributed by atoms with Crippen LogP contribution in [0.3, 0.4) is 0 Å². The molecule has 0 atom stereocenters. The number of ether oxygens (including phenoxy) is 1. The smallest absolute Gasteiger partial charge is 0.298 e. The van der Waals surface area contributed by atoms with Gasteiger partial charge in [-0.05, 0) is 61.2 Å². The van der Waals surface area contributed by atoms with Crippen LogP contribution >= 0.6 is 11.8 Å². The topological polar surface area (TPSA) is 62.4 Å². The number of thioether (sulfide) groups is 1. The van der Waals surface area contributed by atoms with E-state index in [-0.39, 0.29) is 11.1 Å². The number of nitrogens with one attached hydrogen (secondary N) is 1. The Morgan fingerprint density at radius 2 is 2.00 bits per heavy atom. The van der Waals surface area contributed by atoms with Crippen LogP contribution in [-0.4, -0.2) is 22.7 Å². The SMILES string of the molecule is CCOc1ccc(N2C(=O)SC(=Cc3ccc[nH]3)C2=O)cc1. The molecule has 1 aliphatic heterocycles. The van der Waals surface area contributed by atoms with Gasteiger partial charge in [0, 0.05) is 11.9 Å². The summed E-state index contributed by atoms with van der Waals surface area (Å²) in [5.41, 5.74) is 1.33. The van der Waals surface area contributed by atoms with Crippen molar-refractivity contribution < 1.29 is 14.3 Å². The van der Waals surface area contributed by atoms with Crippen molar-refractivity contribution in [2.45, 2.75) is 6.92 Å². The van der Waals surface area contributed by atoms with Gasteiger partial charge in [-0.15, -0.1) is 0 Å². The summed E-state index contributed by atoms with van der Waals surface area (Å²) in [6.07, 6.45) is 3.45. The third-order valence-corrected chi connectivity index (χ3v) is 3.98. The van der Waals surface area contributed by atoms with E-state index < -0.39 is 0 Å². The van der Waals surface area contributed by atoms with Gasteiger partial charge in [-0.2, -0.15) is 0 Å². The van der Waals surface area contributed by atoms with E-state index in [2.05, 4.69) is 4.98 Å². The summed E-state index contributed by atoms with van der Waals surface area (Å²) >= 11 is 0.937. The molecule has 1 aromatic carbocycles. The van der Waals surface area contributed by atoms with E-state index in [1.54, 1.807) is 36.5 Å². The first-order chi connectivity index (χ1) is 10.7. The fourth-order valence-electron chi connectivity index (χ4n) is 2.12. The van der Waals surface area contributed by atoms with Crippen LogP contribution in [0.5, 0.6) is 5.75 Å². The second-order valence-electron chi connectivity index (χ2n) is 4.57. The molecule has 2 aromatic rings. The molecular weight excluding hydrogens is 300 g/mol. The normalized spacial score (nSPS) is 16.6. The Labute approximate surface area is 132 Å². The number of aromatic amines is 1. The largest absolute Gasteiger partial charge is 0.494 e. The van der Waals surface area contributed by atoms with Crippen LogP contribution in [0.1, 0.15) is 12.6 Å². The molecule has 1 N–H and O–H groups in total. The highest BCUT2D eigenvalue weighted by Crippen LogP contribution is 2.36. The van der Waals surface area contributed by atoms with Gasteiger partial charge in [0.25, 0.3) is 11.1 Å². The lowest BCUT2D eigenvalue weighted by atomic mass is 10.2. The molecule has 0 saturated carbocycles. The lowest BCUT2D eigenvalue weighted by Crippen LogP contribution is -2.27. The highest BCUT2D eigenvalue weighted by molar-refractivity contribution is 8.19. The Hall–Kier alpha value is -2.47. The van der Waals surface area contributed by atoms with Crippen LogP contribution in [0.15, 0.2) is 47.5 Å². The van der Waals surface area contributed by atoms with Gasteiger partial charge in [0.2, 0.25) is 0 Å². The lowest BCUT2D eigenvalue weighted by Gasteiger charge is -2.13. The third kappa shape index (κ3) is 2.78. The van der Waals surface area contributed by atoms with Gasteiger partial charge in [-0.25, -0.2) is 4.90 Å². The van der Waals surface area contributed by atoms with Gasteiger partial charge in [-0.3, -0.25) is 9.59 Å². The van der Waals surface area contributed by atoms with Gasteiger partial charge in [0.1, 0.15) is 5.75 Å². The summed E-state index contributed by atoms with van der Waals surface area (Å²) in [5, 5.41) is -0.299. The molecule has 1 fully saturated rings. The Balaban J connectivity index is 1.85. The summed E-state index contributed by atoms with van der Waals surface area (Å²) in [6.45, 7) is 2.47. The van der Waals surface area contributed by atoms with E-state index in [4.69, 9.17) is 4.74 Å². The van der Waals surface area contributed by atoms with Gasteiger partial charge >= 0.3 is 0 Å². The molecule has 6 heteroatoms. The monoisotopic (exact) mass is 314 g/mol. The minimum atomic E-state index is -0.311. The average molecular weight is 314 g/mol. The lowest BCUT2D eigenvalue weighted by molar-refractivity contribution is -0.113. The fourth-order valence-corrected chi connectivity index (χ4v) is 2.96. The summed E-state index contributed by atoms with van der Waals surface area (Å²) in [6, 6.07) is 10.6. The number of carbonyl (C=O) groups excluding carboxylic acids is 2. The summed E-state index contributed by atoms with van der Waals surface area (Å²) in [7, 11) is 0. The number of carbonyl (C=O) groups is 2. The maximum Gasteiger partial charge on any atom is 0.298 e. The van der Waals surface area contributed by atoms with Crippen LogP contribution in [0.2, 0.25) is 0 Å². The Morgan fingerprint density at radius 1 is 1.23 bits per heavy atom. The molecule has 0 unspecified atom stereocenters. The zero-order valence-electron chi connectivity index (χ0n) is 11.9. The number of hydrogen-bond acceptors (Lipinski definition) is 4. The van der Waals surface area contributed by atoms with Crippen LogP contribution in [0.25, 0.3) is 6.08 Å². The minimum Gasteiger partial charge on any atom is -0.494 e. The molecule has 1 aliphatic rings. The highest BCUT2D eigenvalue weighted by Gasteiger charge is 2.36. The van der Waals surface area contributed by atoms with E-state index in [1.165, 1.54) is 4.90 Å². The Kier molecular flexibility index (Phi) is 4.02. The predicted molar refractivity (Wildman–Crippen MR) is 86.9 cm³/mol. The second kappa shape index (κ2) is 6.11. The molecular formula is C16H14N2O3S. The van der Waals surface area contributed by atoms with Crippen LogP contribution in [-0.2, 0) is 4.79 Å². The third-order valence-electron chi connectivity index (χ3n) is 3.11. The highest BCUT2D eigenvalue weighted by atomic mass is 32.2. The predicted octanol–water partition coefficient (Wildman–Crippen LogP) is 3.65. The molecule has 0 bridgehead atoms. The molecule has 1 aromatic heterocycles. The van der Waals surface area contributed by atoms with Crippen molar-refractivity contribution in [2.75, 3.05) is 11.5 Å². The van der Waals surface area contributed by atoms with Crippen molar-refractivity contribution in [3.05, 3.63) is 53.2 Å². The van der Waals surface area contributed by atoms with E-state index in [0.717, 1.165) is 17.5 Å². The first-order valence-corrected chi connectivity index (χ1v) is 7.65. The van der Waals surface area contributed by atoms with Crippen molar-refractivity contribution in [2.24, 2.45) is 0 Å². The number of anilines is 1. The Bertz CT molecular complexity index is 720. The zero-order valence-corrected chi connectivity index (χ0v) is 12.7. The molecule has 3 rings (SSSR count). The van der Waals surface area contributed by atoms with Gasteiger partial charge in [-0.1, -0.05) is 0 Å². The first kappa shape index (κ1) is 14.5. The number of rotatable bonds is 4. The molecule has 0 aliphatic carbocycles. The maximum absolute atomic E-state index is 12.4. The van der Waals surface area contributed by atoms with Crippen molar-refractivity contribution in [3.63, 3.8) is 0 Å². The summed E-state index contributed by atoms with van der Waals surface area (Å²) in [4.78, 5) is 29.1. The average Bonchev–Trinajstić information content (AvgIpc) is 3.10. The van der Waals surface area contributed by atoms with E-state index in [0.29, 0.717) is 22.9 Å². The van der Waals surface area contributed by atoms with E-state index >= 15 is 0 Å². The van der Waals surface area contributed by atoms with Crippen molar-refractivity contribution in [1.29, 1.82) is 0 Å².